The number of anilines is 1. The number of alkyl halides is 2. The minimum Gasteiger partial charge on any atom is -0.476 e. The number of methoxy groups -OCH3 is 1. The van der Waals surface area contributed by atoms with Crippen LogP contribution < -0.4 is 15.0 Å². The molecule has 0 saturated heterocycles. The van der Waals surface area contributed by atoms with E-state index >= 15 is 8.78 Å². The number of halogens is 2. The van der Waals surface area contributed by atoms with Gasteiger partial charge < -0.3 is 20.3 Å². The highest BCUT2D eigenvalue weighted by Gasteiger charge is 2.54. The molecule has 3 aromatic rings. The van der Waals surface area contributed by atoms with E-state index in [-0.39, 0.29) is 35.3 Å². The van der Waals surface area contributed by atoms with Gasteiger partial charge in [0.1, 0.15) is 0 Å². The molecule has 0 radical (unpaired) electrons. The summed E-state index contributed by atoms with van der Waals surface area (Å²) < 4.78 is 64.0. The van der Waals surface area contributed by atoms with Gasteiger partial charge in [0.25, 0.3) is 5.85 Å². The Morgan fingerprint density at radius 1 is 1.27 bits per heavy atom. The molecule has 4 atom stereocenters. The van der Waals surface area contributed by atoms with E-state index in [1.165, 1.54) is 12.1 Å². The number of nitrogens with zero attached hydrogens (tertiary/aromatic N) is 4. The van der Waals surface area contributed by atoms with Crippen molar-refractivity contribution in [3.8, 4) is 11.6 Å². The van der Waals surface area contributed by atoms with Crippen LogP contribution in [0.5, 0.6) is 11.6 Å². The Hall–Kier alpha value is -2.99. The zero-order chi connectivity index (χ0) is 24.2. The van der Waals surface area contributed by atoms with Gasteiger partial charge in [-0.2, -0.15) is 9.97 Å². The Bertz CT molecular complexity index is 1120. The molecule has 14 heteroatoms. The summed E-state index contributed by atoms with van der Waals surface area (Å²) in [5, 5.41) is 10.6. The molecule has 0 spiro atoms. The normalized spacial score (nSPS) is 16.6. The molecule has 0 fully saturated rings. The SMILES string of the molecule is CCOc1nc(N)nc2c1ncn2[C@](C)(F)[C@H](O)[C@@](F)(CO[P+](=O)Oc1ccccc1)OC. The fourth-order valence-corrected chi connectivity index (χ4v) is 3.58. The van der Waals surface area contributed by atoms with Crippen molar-refractivity contribution in [2.24, 2.45) is 0 Å². The van der Waals surface area contributed by atoms with E-state index in [2.05, 4.69) is 15.0 Å². The fraction of sp³-hybridized carbons (Fsp3) is 0.421. The molecular weight excluding hydrogens is 463 g/mol. The quantitative estimate of drug-likeness (QED) is 0.388. The minimum atomic E-state index is -3.13. The first-order valence-corrected chi connectivity index (χ1v) is 10.8. The van der Waals surface area contributed by atoms with Crippen LogP contribution >= 0.6 is 8.25 Å². The van der Waals surface area contributed by atoms with E-state index in [4.69, 9.17) is 24.3 Å². The van der Waals surface area contributed by atoms with Gasteiger partial charge in [0, 0.05) is 11.7 Å². The van der Waals surface area contributed by atoms with E-state index in [0.29, 0.717) is 0 Å². The van der Waals surface area contributed by atoms with Crippen molar-refractivity contribution in [2.75, 3.05) is 26.1 Å². The van der Waals surface area contributed by atoms with Crippen molar-refractivity contribution in [2.45, 2.75) is 31.6 Å². The largest absolute Gasteiger partial charge is 0.750 e. The second-order valence-corrected chi connectivity index (χ2v) is 7.81. The molecule has 3 rings (SSSR count). The van der Waals surface area contributed by atoms with Gasteiger partial charge in [-0.05, 0) is 26.0 Å². The molecule has 0 aliphatic heterocycles. The van der Waals surface area contributed by atoms with Crippen LogP contribution in [0.4, 0.5) is 14.7 Å². The number of aliphatic hydroxyl groups excluding tert-OH is 1. The summed E-state index contributed by atoms with van der Waals surface area (Å²) >= 11 is 0. The Morgan fingerprint density at radius 3 is 2.61 bits per heavy atom. The molecule has 2 aromatic heterocycles. The predicted molar refractivity (Wildman–Crippen MR) is 113 cm³/mol. The van der Waals surface area contributed by atoms with Gasteiger partial charge in [0.15, 0.2) is 29.6 Å². The van der Waals surface area contributed by atoms with Gasteiger partial charge in [-0.1, -0.05) is 18.2 Å². The number of imidazole rings is 1. The van der Waals surface area contributed by atoms with Crippen LogP contribution in [0.1, 0.15) is 13.8 Å². The number of benzene rings is 1. The Morgan fingerprint density at radius 2 is 1.97 bits per heavy atom. The van der Waals surface area contributed by atoms with E-state index in [9.17, 15) is 9.67 Å². The van der Waals surface area contributed by atoms with Crippen molar-refractivity contribution < 1.29 is 37.0 Å². The van der Waals surface area contributed by atoms with E-state index in [1.54, 1.807) is 25.1 Å². The van der Waals surface area contributed by atoms with E-state index < -0.39 is 32.6 Å². The number of aromatic nitrogens is 4. The van der Waals surface area contributed by atoms with Crippen LogP contribution in [-0.4, -0.2) is 56.9 Å². The first-order valence-electron chi connectivity index (χ1n) is 9.70. The lowest BCUT2D eigenvalue weighted by Gasteiger charge is -2.35. The van der Waals surface area contributed by atoms with Crippen molar-refractivity contribution in [3.05, 3.63) is 36.7 Å². The standard InChI is InChI=1S/C19H23F2N5O6P/c1-4-30-15-13-14(24-17(22)25-15)26(11-23-13)18(2,20)16(27)19(21,29-3)10-31-33(28)32-12-8-6-5-7-9-12/h5-9,11,16,27H,4,10H2,1-3H3,(H2,22,24,25)/q+1/t16-,18-,19+/m0/s1. The third kappa shape index (κ3) is 5.17. The lowest BCUT2D eigenvalue weighted by Crippen LogP contribution is -2.54. The average molecular weight is 486 g/mol. The average Bonchev–Trinajstić information content (AvgIpc) is 3.22. The number of aliphatic hydroxyl groups is 1. The zero-order valence-electron chi connectivity index (χ0n) is 18.0. The summed E-state index contributed by atoms with van der Waals surface area (Å²) in [6, 6.07) is 8.00. The minimum absolute atomic E-state index is 0.000633. The first-order chi connectivity index (χ1) is 15.6. The lowest BCUT2D eigenvalue weighted by atomic mass is 10.0. The predicted octanol–water partition coefficient (Wildman–Crippen LogP) is 2.88. The van der Waals surface area contributed by atoms with Crippen LogP contribution in [0.3, 0.4) is 0 Å². The first kappa shape index (κ1) is 24.6. The van der Waals surface area contributed by atoms with Crippen LogP contribution in [0.25, 0.3) is 11.2 Å². The number of hydrogen-bond acceptors (Lipinski definition) is 10. The molecule has 3 N–H and O–H groups in total. The van der Waals surface area contributed by atoms with Gasteiger partial charge in [-0.3, -0.25) is 4.57 Å². The lowest BCUT2D eigenvalue weighted by molar-refractivity contribution is -0.253. The van der Waals surface area contributed by atoms with Gasteiger partial charge in [0.05, 0.1) is 12.9 Å². The topological polar surface area (TPSA) is 144 Å². The molecule has 33 heavy (non-hydrogen) atoms. The van der Waals surface area contributed by atoms with E-state index in [0.717, 1.165) is 24.9 Å². The van der Waals surface area contributed by atoms with Crippen molar-refractivity contribution >= 4 is 25.4 Å². The molecule has 1 unspecified atom stereocenters. The number of para-hydroxylation sites is 1. The maximum Gasteiger partial charge on any atom is 0.750 e. The molecule has 2 heterocycles. The fourth-order valence-electron chi connectivity index (χ4n) is 2.96. The van der Waals surface area contributed by atoms with Crippen molar-refractivity contribution in [3.63, 3.8) is 0 Å². The number of nitrogen functional groups attached to an aromatic ring is 1. The molecule has 0 saturated carbocycles. The smallest absolute Gasteiger partial charge is 0.476 e. The summed E-state index contributed by atoms with van der Waals surface area (Å²) in [6.45, 7) is 1.70. The molecule has 1 aromatic carbocycles. The Balaban J connectivity index is 1.83. The number of hydrogen-bond donors (Lipinski definition) is 2. The highest BCUT2D eigenvalue weighted by Crippen LogP contribution is 2.38. The third-order valence-electron chi connectivity index (χ3n) is 4.67. The maximum atomic E-state index is 15.8. The number of rotatable bonds is 11. The van der Waals surface area contributed by atoms with Gasteiger partial charge in [0.2, 0.25) is 17.6 Å². The van der Waals surface area contributed by atoms with Crippen LogP contribution in [0, 0.1) is 0 Å². The second kappa shape index (κ2) is 9.87. The monoisotopic (exact) mass is 486 g/mol. The third-order valence-corrected chi connectivity index (χ3v) is 5.37. The highest BCUT2D eigenvalue weighted by atomic mass is 31.1. The van der Waals surface area contributed by atoms with Crippen LogP contribution in [0.15, 0.2) is 36.7 Å². The molecule has 0 aliphatic carbocycles. The van der Waals surface area contributed by atoms with Gasteiger partial charge in [-0.25, -0.2) is 18.3 Å². The molecular formula is C19H23F2N5O6P+. The molecule has 0 bridgehead atoms. The summed E-state index contributed by atoms with van der Waals surface area (Å²) in [6.07, 6.45) is -1.50. The van der Waals surface area contributed by atoms with Crippen molar-refractivity contribution in [1.29, 1.82) is 0 Å². The number of ether oxygens (including phenoxy) is 2. The Labute approximate surface area is 188 Å². The van der Waals surface area contributed by atoms with E-state index in [1.807, 2.05) is 0 Å². The summed E-state index contributed by atoms with van der Waals surface area (Å²) in [5.41, 5.74) is 5.57. The molecule has 178 valence electrons. The Kier molecular flexibility index (Phi) is 7.38. The number of fused-ring (bicyclic) bond motifs is 1. The van der Waals surface area contributed by atoms with Gasteiger partial charge in [-0.15, -0.1) is 4.52 Å². The second-order valence-electron chi connectivity index (χ2n) is 6.92. The maximum absolute atomic E-state index is 15.8. The number of nitrogens with two attached hydrogens (primary N) is 1. The summed E-state index contributed by atoms with van der Waals surface area (Å²) in [5.74, 6) is -6.04. The molecule has 0 amide bonds. The van der Waals surface area contributed by atoms with Crippen molar-refractivity contribution in [1.82, 2.24) is 19.5 Å². The molecule has 11 nitrogen and oxygen atoms in total. The zero-order valence-corrected chi connectivity index (χ0v) is 18.9. The highest BCUT2D eigenvalue weighted by molar-refractivity contribution is 7.33. The summed E-state index contributed by atoms with van der Waals surface area (Å²) in [4.78, 5) is 11.8. The van der Waals surface area contributed by atoms with Gasteiger partial charge >= 0.3 is 8.25 Å². The summed E-state index contributed by atoms with van der Waals surface area (Å²) in [7, 11) is -1.95. The van der Waals surface area contributed by atoms with Crippen LogP contribution in [-0.2, 0) is 19.6 Å². The molecule has 0 aliphatic rings. The van der Waals surface area contributed by atoms with Crippen LogP contribution in [0.2, 0.25) is 0 Å².